The molecule has 3 rings (SSSR count). The van der Waals surface area contributed by atoms with Crippen molar-refractivity contribution in [3.8, 4) is 0 Å². The summed E-state index contributed by atoms with van der Waals surface area (Å²) in [6.45, 7) is 5.25. The van der Waals surface area contributed by atoms with Crippen molar-refractivity contribution in [1.29, 1.82) is 0 Å². The zero-order valence-electron chi connectivity index (χ0n) is 13.2. The summed E-state index contributed by atoms with van der Waals surface area (Å²) in [4.78, 5) is 11.7. The molecule has 2 fully saturated rings. The molecule has 0 radical (unpaired) electrons. The smallest absolute Gasteiger partial charge is 0.225 e. The van der Waals surface area contributed by atoms with Gasteiger partial charge >= 0.3 is 0 Å². The van der Waals surface area contributed by atoms with Crippen LogP contribution in [0.4, 0.5) is 5.95 Å². The van der Waals surface area contributed by atoms with Crippen molar-refractivity contribution in [1.82, 2.24) is 15.3 Å². The maximum Gasteiger partial charge on any atom is 0.225 e. The van der Waals surface area contributed by atoms with Crippen LogP contribution < -0.4 is 10.2 Å². The van der Waals surface area contributed by atoms with Gasteiger partial charge in [-0.2, -0.15) is 0 Å². The second kappa shape index (κ2) is 7.21. The van der Waals surface area contributed by atoms with E-state index in [1.54, 1.807) is 0 Å². The third-order valence-electron chi connectivity index (χ3n) is 4.95. The van der Waals surface area contributed by atoms with E-state index in [2.05, 4.69) is 27.1 Å². The van der Waals surface area contributed by atoms with E-state index in [9.17, 15) is 0 Å². The summed E-state index contributed by atoms with van der Waals surface area (Å²) in [5.41, 5.74) is 1.18. The maximum atomic E-state index is 4.64. The number of hydrogen-bond donors (Lipinski definition) is 1. The predicted octanol–water partition coefficient (Wildman–Crippen LogP) is 3.14. The molecule has 1 aliphatic heterocycles. The molecule has 2 heterocycles. The third kappa shape index (κ3) is 3.54. The van der Waals surface area contributed by atoms with Gasteiger partial charge in [0.05, 0.1) is 0 Å². The SMILES string of the molecule is CCCNCc1cnc(N2CCCC2C2CCCC2)nc1. The first-order valence-electron chi connectivity index (χ1n) is 8.66. The van der Waals surface area contributed by atoms with Crippen LogP contribution in [0.1, 0.15) is 57.4 Å². The normalized spacial score (nSPS) is 23.1. The van der Waals surface area contributed by atoms with E-state index >= 15 is 0 Å². The fraction of sp³-hybridized carbons (Fsp3) is 0.765. The molecule has 4 nitrogen and oxygen atoms in total. The first-order valence-corrected chi connectivity index (χ1v) is 8.66. The standard InChI is InChI=1S/C17H28N4/c1-2-9-18-11-14-12-19-17(20-13-14)21-10-5-8-16(21)15-6-3-4-7-15/h12-13,15-16,18H,2-11H2,1H3. The van der Waals surface area contributed by atoms with Crippen LogP contribution in [0, 0.1) is 5.92 Å². The van der Waals surface area contributed by atoms with Crippen molar-refractivity contribution in [3.63, 3.8) is 0 Å². The van der Waals surface area contributed by atoms with Crippen LogP contribution in [0.25, 0.3) is 0 Å². The fourth-order valence-electron chi connectivity index (χ4n) is 3.87. The summed E-state index contributed by atoms with van der Waals surface area (Å²) >= 11 is 0. The molecular weight excluding hydrogens is 260 g/mol. The van der Waals surface area contributed by atoms with Crippen LogP contribution in [0.5, 0.6) is 0 Å². The van der Waals surface area contributed by atoms with Crippen molar-refractivity contribution in [2.24, 2.45) is 5.92 Å². The number of aromatic nitrogens is 2. The molecule has 0 spiro atoms. The minimum absolute atomic E-state index is 0.691. The van der Waals surface area contributed by atoms with Crippen LogP contribution in [0.15, 0.2) is 12.4 Å². The maximum absolute atomic E-state index is 4.64. The van der Waals surface area contributed by atoms with Gasteiger partial charge in [-0.25, -0.2) is 9.97 Å². The summed E-state index contributed by atoms with van der Waals surface area (Å²) in [6.07, 6.45) is 13.4. The largest absolute Gasteiger partial charge is 0.338 e. The first kappa shape index (κ1) is 14.8. The Bertz CT molecular complexity index is 425. The summed E-state index contributed by atoms with van der Waals surface area (Å²) in [7, 11) is 0. The molecule has 0 aromatic carbocycles. The van der Waals surface area contributed by atoms with Crippen molar-refractivity contribution >= 4 is 5.95 Å². The Balaban J connectivity index is 1.62. The van der Waals surface area contributed by atoms with Gasteiger partial charge in [-0.05, 0) is 44.6 Å². The van der Waals surface area contributed by atoms with E-state index in [1.165, 1.54) is 44.1 Å². The van der Waals surface area contributed by atoms with Crippen molar-refractivity contribution < 1.29 is 0 Å². The predicted molar refractivity (Wildman–Crippen MR) is 86.4 cm³/mol. The molecule has 21 heavy (non-hydrogen) atoms. The summed E-state index contributed by atoms with van der Waals surface area (Å²) < 4.78 is 0. The molecule has 116 valence electrons. The topological polar surface area (TPSA) is 41.1 Å². The Kier molecular flexibility index (Phi) is 5.07. The zero-order valence-corrected chi connectivity index (χ0v) is 13.2. The highest BCUT2D eigenvalue weighted by Crippen LogP contribution is 2.36. The minimum atomic E-state index is 0.691. The van der Waals surface area contributed by atoms with Crippen LogP contribution >= 0.6 is 0 Å². The van der Waals surface area contributed by atoms with Crippen LogP contribution in [0.3, 0.4) is 0 Å². The molecule has 1 aromatic rings. The van der Waals surface area contributed by atoms with Gasteiger partial charge in [0.1, 0.15) is 0 Å². The number of nitrogens with zero attached hydrogens (tertiary/aromatic N) is 3. The van der Waals surface area contributed by atoms with Crippen molar-refractivity contribution in [2.45, 2.75) is 64.5 Å². The molecule has 1 N–H and O–H groups in total. The van der Waals surface area contributed by atoms with Gasteiger partial charge in [0.15, 0.2) is 0 Å². The number of nitrogens with one attached hydrogen (secondary N) is 1. The van der Waals surface area contributed by atoms with Gasteiger partial charge in [0.25, 0.3) is 0 Å². The lowest BCUT2D eigenvalue weighted by Gasteiger charge is -2.29. The van der Waals surface area contributed by atoms with Gasteiger partial charge < -0.3 is 10.2 Å². The molecule has 1 aliphatic carbocycles. The molecule has 1 saturated heterocycles. The Morgan fingerprint density at radius 1 is 1.14 bits per heavy atom. The second-order valence-electron chi connectivity index (χ2n) is 6.52. The quantitative estimate of drug-likeness (QED) is 0.817. The molecule has 1 saturated carbocycles. The molecule has 0 bridgehead atoms. The van der Waals surface area contributed by atoms with Gasteiger partial charge in [0, 0.05) is 37.1 Å². The van der Waals surface area contributed by atoms with Gasteiger partial charge in [0.2, 0.25) is 5.95 Å². The van der Waals surface area contributed by atoms with Crippen LogP contribution in [0.2, 0.25) is 0 Å². The third-order valence-corrected chi connectivity index (χ3v) is 4.95. The van der Waals surface area contributed by atoms with Gasteiger partial charge in [-0.3, -0.25) is 0 Å². The lowest BCUT2D eigenvalue weighted by molar-refractivity contribution is 0.427. The molecule has 4 heteroatoms. The van der Waals surface area contributed by atoms with E-state index in [0.29, 0.717) is 6.04 Å². The zero-order chi connectivity index (χ0) is 14.5. The number of hydrogen-bond acceptors (Lipinski definition) is 4. The number of anilines is 1. The minimum Gasteiger partial charge on any atom is -0.338 e. The average molecular weight is 288 g/mol. The molecular formula is C17H28N4. The molecule has 1 atom stereocenters. The Morgan fingerprint density at radius 3 is 2.62 bits per heavy atom. The summed E-state index contributed by atoms with van der Waals surface area (Å²) in [5.74, 6) is 1.82. The molecule has 0 amide bonds. The highest BCUT2D eigenvalue weighted by molar-refractivity contribution is 5.34. The Labute approximate surface area is 128 Å². The highest BCUT2D eigenvalue weighted by Gasteiger charge is 2.34. The summed E-state index contributed by atoms with van der Waals surface area (Å²) in [6, 6.07) is 0.691. The van der Waals surface area contributed by atoms with Crippen molar-refractivity contribution in [2.75, 3.05) is 18.0 Å². The fourth-order valence-corrected chi connectivity index (χ4v) is 3.87. The summed E-state index contributed by atoms with van der Waals surface area (Å²) in [5, 5.41) is 3.40. The van der Waals surface area contributed by atoms with E-state index in [-0.39, 0.29) is 0 Å². The van der Waals surface area contributed by atoms with E-state index in [0.717, 1.165) is 37.9 Å². The molecule has 1 unspecified atom stereocenters. The first-order chi connectivity index (χ1) is 10.4. The van der Waals surface area contributed by atoms with E-state index < -0.39 is 0 Å². The van der Waals surface area contributed by atoms with Crippen LogP contribution in [-0.2, 0) is 6.54 Å². The Morgan fingerprint density at radius 2 is 1.90 bits per heavy atom. The molecule has 1 aromatic heterocycles. The average Bonchev–Trinajstić information content (AvgIpc) is 3.19. The Hall–Kier alpha value is -1.16. The highest BCUT2D eigenvalue weighted by atomic mass is 15.3. The van der Waals surface area contributed by atoms with E-state index in [4.69, 9.17) is 0 Å². The van der Waals surface area contributed by atoms with E-state index in [1.807, 2.05) is 12.4 Å². The van der Waals surface area contributed by atoms with Crippen LogP contribution in [-0.4, -0.2) is 29.1 Å². The lowest BCUT2D eigenvalue weighted by Crippen LogP contribution is -2.35. The van der Waals surface area contributed by atoms with Gasteiger partial charge in [-0.1, -0.05) is 19.8 Å². The second-order valence-corrected chi connectivity index (χ2v) is 6.52. The number of rotatable bonds is 6. The monoisotopic (exact) mass is 288 g/mol. The lowest BCUT2D eigenvalue weighted by atomic mass is 9.96. The molecule has 2 aliphatic rings. The van der Waals surface area contributed by atoms with Crippen molar-refractivity contribution in [3.05, 3.63) is 18.0 Å². The van der Waals surface area contributed by atoms with Gasteiger partial charge in [-0.15, -0.1) is 0 Å².